The molecule has 0 radical (unpaired) electrons. The number of rotatable bonds is 3. The summed E-state index contributed by atoms with van der Waals surface area (Å²) < 4.78 is 13.4. The topological polar surface area (TPSA) is 41.1 Å². The Labute approximate surface area is 107 Å². The average molecular weight is 250 g/mol. The maximum Gasteiger partial charge on any atom is 0.224 e. The molecule has 3 nitrogen and oxygen atoms in total. The van der Waals surface area contributed by atoms with Crippen LogP contribution in [-0.4, -0.2) is 25.0 Å². The van der Waals surface area contributed by atoms with Gasteiger partial charge in [0.15, 0.2) is 0 Å². The Morgan fingerprint density at radius 1 is 1.44 bits per heavy atom. The Balaban J connectivity index is 1.87. The number of amides is 1. The highest BCUT2D eigenvalue weighted by Crippen LogP contribution is 2.11. The number of halogens is 1. The third-order valence-electron chi connectivity index (χ3n) is 3.24. The molecule has 0 aromatic heterocycles. The van der Waals surface area contributed by atoms with E-state index in [4.69, 9.17) is 0 Å². The molecule has 1 fully saturated rings. The van der Waals surface area contributed by atoms with Crippen LogP contribution < -0.4 is 10.6 Å². The number of piperidine rings is 1. The molecule has 98 valence electrons. The summed E-state index contributed by atoms with van der Waals surface area (Å²) >= 11 is 0. The molecule has 0 aliphatic carbocycles. The number of carbonyl (C=O) groups excluding carboxylic acids is 1. The van der Waals surface area contributed by atoms with Crippen LogP contribution in [0.25, 0.3) is 0 Å². The highest BCUT2D eigenvalue weighted by molar-refractivity contribution is 5.78. The van der Waals surface area contributed by atoms with Crippen molar-refractivity contribution in [1.29, 1.82) is 0 Å². The highest BCUT2D eigenvalue weighted by atomic mass is 19.1. The first-order valence-corrected chi connectivity index (χ1v) is 6.38. The molecule has 1 aromatic rings. The lowest BCUT2D eigenvalue weighted by Gasteiger charge is -2.28. The molecule has 1 saturated heterocycles. The van der Waals surface area contributed by atoms with Crippen molar-refractivity contribution in [2.24, 2.45) is 5.92 Å². The van der Waals surface area contributed by atoms with E-state index in [0.29, 0.717) is 11.5 Å². The van der Waals surface area contributed by atoms with Gasteiger partial charge in [-0.1, -0.05) is 25.1 Å². The molecule has 4 heteroatoms. The monoisotopic (exact) mass is 250 g/mol. The van der Waals surface area contributed by atoms with Crippen molar-refractivity contribution in [2.75, 3.05) is 13.1 Å². The van der Waals surface area contributed by atoms with E-state index < -0.39 is 0 Å². The first-order chi connectivity index (χ1) is 8.65. The van der Waals surface area contributed by atoms with Crippen molar-refractivity contribution in [2.45, 2.75) is 25.8 Å². The van der Waals surface area contributed by atoms with Gasteiger partial charge in [-0.15, -0.1) is 0 Å². The molecular weight excluding hydrogens is 231 g/mol. The van der Waals surface area contributed by atoms with Gasteiger partial charge in [0, 0.05) is 12.6 Å². The molecule has 0 spiro atoms. The van der Waals surface area contributed by atoms with Crippen molar-refractivity contribution < 1.29 is 9.18 Å². The summed E-state index contributed by atoms with van der Waals surface area (Å²) in [6.07, 6.45) is 1.09. The molecular formula is C14H19FN2O. The second-order valence-electron chi connectivity index (χ2n) is 5.03. The van der Waals surface area contributed by atoms with Gasteiger partial charge in [0.2, 0.25) is 5.91 Å². The second kappa shape index (κ2) is 5.96. The van der Waals surface area contributed by atoms with E-state index in [1.165, 1.54) is 6.07 Å². The zero-order valence-corrected chi connectivity index (χ0v) is 10.6. The molecule has 0 bridgehead atoms. The van der Waals surface area contributed by atoms with Crippen LogP contribution in [0, 0.1) is 11.7 Å². The van der Waals surface area contributed by atoms with Gasteiger partial charge in [-0.3, -0.25) is 4.79 Å². The molecule has 2 rings (SSSR count). The lowest BCUT2D eigenvalue weighted by molar-refractivity contribution is -0.121. The van der Waals surface area contributed by atoms with Gasteiger partial charge in [0.1, 0.15) is 5.82 Å². The number of nitrogens with one attached hydrogen (secondary N) is 2. The summed E-state index contributed by atoms with van der Waals surface area (Å²) in [5.74, 6) is 0.140. The van der Waals surface area contributed by atoms with Gasteiger partial charge in [-0.25, -0.2) is 4.39 Å². The lowest BCUT2D eigenvalue weighted by Crippen LogP contribution is -2.48. The van der Waals surface area contributed by atoms with Crippen LogP contribution in [0.1, 0.15) is 18.9 Å². The third-order valence-corrected chi connectivity index (χ3v) is 3.24. The SMILES string of the molecule is CC1CNCC(NC(=O)Cc2ccccc2F)C1. The van der Waals surface area contributed by atoms with Gasteiger partial charge in [-0.05, 0) is 30.5 Å². The Morgan fingerprint density at radius 3 is 2.94 bits per heavy atom. The van der Waals surface area contributed by atoms with E-state index in [0.717, 1.165) is 19.5 Å². The van der Waals surface area contributed by atoms with Crippen LogP contribution in [0.15, 0.2) is 24.3 Å². The fourth-order valence-corrected chi connectivity index (χ4v) is 2.36. The summed E-state index contributed by atoms with van der Waals surface area (Å²) in [4.78, 5) is 11.8. The highest BCUT2D eigenvalue weighted by Gasteiger charge is 2.20. The smallest absolute Gasteiger partial charge is 0.224 e. The largest absolute Gasteiger partial charge is 0.352 e. The van der Waals surface area contributed by atoms with E-state index in [2.05, 4.69) is 17.6 Å². The quantitative estimate of drug-likeness (QED) is 0.853. The predicted octanol–water partition coefficient (Wildman–Crippen LogP) is 1.48. The Morgan fingerprint density at radius 2 is 2.22 bits per heavy atom. The first-order valence-electron chi connectivity index (χ1n) is 6.38. The number of hydrogen-bond acceptors (Lipinski definition) is 2. The van der Waals surface area contributed by atoms with Gasteiger partial charge in [0.05, 0.1) is 6.42 Å². The van der Waals surface area contributed by atoms with E-state index in [-0.39, 0.29) is 24.2 Å². The minimum absolute atomic E-state index is 0.109. The number of benzene rings is 1. The predicted molar refractivity (Wildman–Crippen MR) is 68.7 cm³/mol. The maximum atomic E-state index is 13.4. The van der Waals surface area contributed by atoms with Crippen LogP contribution in [0.5, 0.6) is 0 Å². The third kappa shape index (κ3) is 3.53. The minimum Gasteiger partial charge on any atom is -0.352 e. The van der Waals surface area contributed by atoms with Crippen LogP contribution in [-0.2, 0) is 11.2 Å². The van der Waals surface area contributed by atoms with Gasteiger partial charge >= 0.3 is 0 Å². The molecule has 2 atom stereocenters. The molecule has 1 aliphatic rings. The van der Waals surface area contributed by atoms with Crippen molar-refractivity contribution in [1.82, 2.24) is 10.6 Å². The first kappa shape index (κ1) is 13.0. The van der Waals surface area contributed by atoms with Crippen LogP contribution in [0.4, 0.5) is 4.39 Å². The molecule has 2 N–H and O–H groups in total. The van der Waals surface area contributed by atoms with Gasteiger partial charge in [-0.2, -0.15) is 0 Å². The van der Waals surface area contributed by atoms with E-state index >= 15 is 0 Å². The fourth-order valence-electron chi connectivity index (χ4n) is 2.36. The lowest BCUT2D eigenvalue weighted by atomic mass is 9.97. The van der Waals surface area contributed by atoms with E-state index in [9.17, 15) is 9.18 Å². The van der Waals surface area contributed by atoms with Gasteiger partial charge < -0.3 is 10.6 Å². The van der Waals surface area contributed by atoms with Crippen molar-refractivity contribution in [3.8, 4) is 0 Å². The molecule has 1 aromatic carbocycles. The standard InChI is InChI=1S/C14H19FN2O/c1-10-6-12(9-16-8-10)17-14(18)7-11-4-2-3-5-13(11)15/h2-5,10,12,16H,6-9H2,1H3,(H,17,18). The van der Waals surface area contributed by atoms with Gasteiger partial charge in [0.25, 0.3) is 0 Å². The van der Waals surface area contributed by atoms with Crippen LogP contribution in [0.3, 0.4) is 0 Å². The Kier molecular flexibility index (Phi) is 4.31. The fraction of sp³-hybridized carbons (Fsp3) is 0.500. The van der Waals surface area contributed by atoms with E-state index in [1.54, 1.807) is 18.2 Å². The summed E-state index contributed by atoms with van der Waals surface area (Å²) in [6, 6.07) is 6.57. The van der Waals surface area contributed by atoms with Crippen molar-refractivity contribution in [3.05, 3.63) is 35.6 Å². The van der Waals surface area contributed by atoms with Crippen LogP contribution >= 0.6 is 0 Å². The Hall–Kier alpha value is -1.42. The zero-order valence-electron chi connectivity index (χ0n) is 10.6. The van der Waals surface area contributed by atoms with E-state index in [1.807, 2.05) is 0 Å². The molecule has 18 heavy (non-hydrogen) atoms. The van der Waals surface area contributed by atoms with Crippen molar-refractivity contribution >= 4 is 5.91 Å². The molecule has 0 saturated carbocycles. The minimum atomic E-state index is -0.317. The molecule has 1 heterocycles. The number of hydrogen-bond donors (Lipinski definition) is 2. The molecule has 1 aliphatic heterocycles. The zero-order chi connectivity index (χ0) is 13.0. The summed E-state index contributed by atoms with van der Waals surface area (Å²) in [7, 11) is 0. The average Bonchev–Trinajstić information content (AvgIpc) is 2.32. The summed E-state index contributed by atoms with van der Waals surface area (Å²) in [5, 5.41) is 6.23. The summed E-state index contributed by atoms with van der Waals surface area (Å²) in [5.41, 5.74) is 0.451. The Bertz CT molecular complexity index is 422. The summed E-state index contributed by atoms with van der Waals surface area (Å²) in [6.45, 7) is 3.95. The molecule has 2 unspecified atom stereocenters. The maximum absolute atomic E-state index is 13.4. The number of carbonyl (C=O) groups is 1. The molecule has 1 amide bonds. The second-order valence-corrected chi connectivity index (χ2v) is 5.03. The van der Waals surface area contributed by atoms with Crippen molar-refractivity contribution in [3.63, 3.8) is 0 Å². The normalized spacial score (nSPS) is 23.7. The van der Waals surface area contributed by atoms with Crippen LogP contribution in [0.2, 0.25) is 0 Å².